The third kappa shape index (κ3) is 4.42. The lowest BCUT2D eigenvalue weighted by Crippen LogP contribution is -1.99. The number of aliphatic hydroxyl groups is 1. The van der Waals surface area contributed by atoms with Crippen molar-refractivity contribution in [1.29, 1.82) is 0 Å². The van der Waals surface area contributed by atoms with Crippen molar-refractivity contribution < 1.29 is 5.11 Å². The van der Waals surface area contributed by atoms with Gasteiger partial charge in [0.2, 0.25) is 0 Å². The van der Waals surface area contributed by atoms with Gasteiger partial charge in [0, 0.05) is 5.92 Å². The predicted octanol–water partition coefficient (Wildman–Crippen LogP) is 3.13. The molecule has 0 aromatic carbocycles. The van der Waals surface area contributed by atoms with Gasteiger partial charge in [-0.25, -0.2) is 0 Å². The van der Waals surface area contributed by atoms with E-state index in [2.05, 4.69) is 20.4 Å². The van der Waals surface area contributed by atoms with E-state index in [0.717, 1.165) is 12.3 Å². The van der Waals surface area contributed by atoms with Crippen LogP contribution in [0.2, 0.25) is 0 Å². The summed E-state index contributed by atoms with van der Waals surface area (Å²) in [7, 11) is 0. The molecule has 0 saturated carbocycles. The number of rotatable bonds is 4. The Bertz CT molecular complexity index is 105. The maximum atomic E-state index is 8.94. The van der Waals surface area contributed by atoms with Crippen LogP contribution in [0.5, 0.6) is 0 Å². The highest BCUT2D eigenvalue weighted by Gasteiger charge is 2.05. The Morgan fingerprint density at radius 3 is 2.10 bits per heavy atom. The summed E-state index contributed by atoms with van der Waals surface area (Å²) in [5.74, 6) is 1.31. The van der Waals surface area contributed by atoms with E-state index < -0.39 is 0 Å². The molecule has 0 radical (unpaired) electrons. The molecule has 1 unspecified atom stereocenters. The van der Waals surface area contributed by atoms with E-state index >= 15 is 0 Å². The zero-order valence-electron chi connectivity index (χ0n) is 7.22. The van der Waals surface area contributed by atoms with Crippen molar-refractivity contribution in [2.75, 3.05) is 0 Å². The maximum absolute atomic E-state index is 8.94. The molecule has 0 amide bonds. The van der Waals surface area contributed by atoms with Crippen LogP contribution >= 0.6 is 0 Å². The molecule has 0 heterocycles. The van der Waals surface area contributed by atoms with E-state index in [4.69, 9.17) is 5.11 Å². The van der Waals surface area contributed by atoms with Gasteiger partial charge in [-0.15, -0.1) is 0 Å². The topological polar surface area (TPSA) is 20.2 Å². The lowest BCUT2D eigenvalue weighted by atomic mass is 9.98. The fraction of sp³-hybridized carbons (Fsp3) is 0.778. The quantitative estimate of drug-likeness (QED) is 0.598. The Morgan fingerprint density at radius 1 is 1.30 bits per heavy atom. The number of allylic oxidation sites excluding steroid dienone is 1. The summed E-state index contributed by atoms with van der Waals surface area (Å²) in [6, 6.07) is 0. The van der Waals surface area contributed by atoms with Crippen LogP contribution in [0.4, 0.5) is 0 Å². The molecule has 1 nitrogen and oxygen atoms in total. The van der Waals surface area contributed by atoms with Crippen molar-refractivity contribution in [2.45, 2.75) is 33.6 Å². The molecular weight excluding hydrogens is 124 g/mol. The zero-order chi connectivity index (χ0) is 8.15. The van der Waals surface area contributed by atoms with Gasteiger partial charge >= 0.3 is 0 Å². The second-order valence-electron chi connectivity index (χ2n) is 3.36. The van der Waals surface area contributed by atoms with Crippen molar-refractivity contribution in [3.05, 3.63) is 12.3 Å². The van der Waals surface area contributed by atoms with Crippen LogP contribution in [0.3, 0.4) is 0 Å². The van der Waals surface area contributed by atoms with Crippen molar-refractivity contribution in [2.24, 2.45) is 11.8 Å². The molecule has 60 valence electrons. The van der Waals surface area contributed by atoms with Gasteiger partial charge in [-0.1, -0.05) is 33.8 Å². The molecule has 10 heavy (non-hydrogen) atoms. The maximum Gasteiger partial charge on any atom is 0.0879 e. The molecule has 0 bridgehead atoms. The predicted molar refractivity (Wildman–Crippen MR) is 45.0 cm³/mol. The lowest BCUT2D eigenvalue weighted by Gasteiger charge is -2.10. The fourth-order valence-electron chi connectivity index (χ4n) is 0.750. The van der Waals surface area contributed by atoms with Gasteiger partial charge in [0.1, 0.15) is 0 Å². The first-order valence-corrected chi connectivity index (χ1v) is 3.91. The molecule has 0 aliphatic heterocycles. The number of hydrogen-bond donors (Lipinski definition) is 1. The van der Waals surface area contributed by atoms with E-state index in [1.54, 1.807) is 0 Å². The normalized spacial score (nSPS) is 13.6. The van der Waals surface area contributed by atoms with Crippen LogP contribution in [-0.4, -0.2) is 5.11 Å². The third-order valence-corrected chi connectivity index (χ3v) is 1.75. The standard InChI is InChI=1S/C9H18O/c1-7(2)5-6-8(3)9(4)10/h7-8,10H,4-6H2,1-3H3. The molecule has 0 rings (SSSR count). The van der Waals surface area contributed by atoms with E-state index in [1.165, 1.54) is 6.42 Å². The van der Waals surface area contributed by atoms with Gasteiger partial charge in [-0.2, -0.15) is 0 Å². The van der Waals surface area contributed by atoms with Crippen molar-refractivity contribution in [1.82, 2.24) is 0 Å². The highest BCUT2D eigenvalue weighted by atomic mass is 16.3. The molecule has 0 aliphatic rings. The summed E-state index contributed by atoms with van der Waals surface area (Å²) in [6.45, 7) is 9.87. The van der Waals surface area contributed by atoms with Gasteiger partial charge in [0.25, 0.3) is 0 Å². The summed E-state index contributed by atoms with van der Waals surface area (Å²) < 4.78 is 0. The Labute approximate surface area is 63.8 Å². The van der Waals surface area contributed by atoms with Crippen molar-refractivity contribution in [3.8, 4) is 0 Å². The fourth-order valence-corrected chi connectivity index (χ4v) is 0.750. The molecule has 1 heteroatoms. The minimum Gasteiger partial charge on any atom is -0.513 e. The Kier molecular flexibility index (Phi) is 4.17. The van der Waals surface area contributed by atoms with Gasteiger partial charge in [0.15, 0.2) is 0 Å². The lowest BCUT2D eigenvalue weighted by molar-refractivity contribution is 0.322. The number of hydrogen-bond acceptors (Lipinski definition) is 1. The highest BCUT2D eigenvalue weighted by molar-refractivity contribution is 4.85. The second kappa shape index (κ2) is 4.37. The molecule has 1 N–H and O–H groups in total. The van der Waals surface area contributed by atoms with Gasteiger partial charge in [-0.05, 0) is 12.3 Å². The summed E-state index contributed by atoms with van der Waals surface area (Å²) in [5.41, 5.74) is 0. The van der Waals surface area contributed by atoms with E-state index in [-0.39, 0.29) is 5.92 Å². The number of aliphatic hydroxyl groups excluding tert-OH is 1. The van der Waals surface area contributed by atoms with Gasteiger partial charge in [-0.3, -0.25) is 0 Å². The van der Waals surface area contributed by atoms with E-state index in [9.17, 15) is 0 Å². The van der Waals surface area contributed by atoms with Crippen molar-refractivity contribution >= 4 is 0 Å². The first-order chi connectivity index (χ1) is 4.54. The van der Waals surface area contributed by atoms with Gasteiger partial charge in [0.05, 0.1) is 5.76 Å². The smallest absolute Gasteiger partial charge is 0.0879 e. The SMILES string of the molecule is C=C(O)C(C)CCC(C)C. The van der Waals surface area contributed by atoms with Crippen LogP contribution < -0.4 is 0 Å². The molecule has 0 spiro atoms. The monoisotopic (exact) mass is 142 g/mol. The average Bonchev–Trinajstić information content (AvgIpc) is 1.82. The van der Waals surface area contributed by atoms with Crippen LogP contribution in [0.1, 0.15) is 33.6 Å². The summed E-state index contributed by atoms with van der Waals surface area (Å²) in [6.07, 6.45) is 2.22. The Balaban J connectivity index is 3.40. The van der Waals surface area contributed by atoms with Crippen LogP contribution in [-0.2, 0) is 0 Å². The summed E-state index contributed by atoms with van der Waals surface area (Å²) in [5, 5.41) is 8.94. The summed E-state index contributed by atoms with van der Waals surface area (Å²) in [4.78, 5) is 0. The van der Waals surface area contributed by atoms with Crippen molar-refractivity contribution in [3.63, 3.8) is 0 Å². The van der Waals surface area contributed by atoms with Gasteiger partial charge < -0.3 is 5.11 Å². The minimum absolute atomic E-state index is 0.266. The van der Waals surface area contributed by atoms with Crippen LogP contribution in [0, 0.1) is 11.8 Å². The molecule has 0 aliphatic carbocycles. The average molecular weight is 142 g/mol. The first-order valence-electron chi connectivity index (χ1n) is 3.91. The molecule has 0 fully saturated rings. The van der Waals surface area contributed by atoms with Crippen LogP contribution in [0.15, 0.2) is 12.3 Å². The molecule has 0 aromatic rings. The Morgan fingerprint density at radius 2 is 1.80 bits per heavy atom. The highest BCUT2D eigenvalue weighted by Crippen LogP contribution is 2.15. The zero-order valence-corrected chi connectivity index (χ0v) is 7.22. The van der Waals surface area contributed by atoms with E-state index in [1.807, 2.05) is 6.92 Å². The molecular formula is C9H18O. The molecule has 0 aromatic heterocycles. The second-order valence-corrected chi connectivity index (χ2v) is 3.36. The van der Waals surface area contributed by atoms with E-state index in [0.29, 0.717) is 5.76 Å². The molecule has 1 atom stereocenters. The Hall–Kier alpha value is -0.460. The van der Waals surface area contributed by atoms with Crippen LogP contribution in [0.25, 0.3) is 0 Å². The molecule has 0 saturated heterocycles. The first kappa shape index (κ1) is 9.54. The summed E-state index contributed by atoms with van der Waals surface area (Å²) >= 11 is 0. The third-order valence-electron chi connectivity index (χ3n) is 1.75. The largest absolute Gasteiger partial charge is 0.513 e. The minimum atomic E-state index is 0.266.